The molecular formula is C24H28N6O2. The largest absolute Gasteiger partial charge is 0.456 e. The van der Waals surface area contributed by atoms with E-state index in [-0.39, 0.29) is 24.0 Å². The minimum Gasteiger partial charge on any atom is -0.456 e. The highest BCUT2D eigenvalue weighted by Crippen LogP contribution is 2.33. The van der Waals surface area contributed by atoms with E-state index in [2.05, 4.69) is 5.32 Å². The number of carbonyl (C=O) groups is 1. The summed E-state index contributed by atoms with van der Waals surface area (Å²) in [4.78, 5) is 14.5. The number of likely N-dealkylation sites (N-methyl/N-ethyl adjacent to an activating group) is 1. The van der Waals surface area contributed by atoms with Crippen molar-refractivity contribution in [3.63, 3.8) is 0 Å². The molecule has 0 saturated heterocycles. The van der Waals surface area contributed by atoms with Gasteiger partial charge in [-0.3, -0.25) is 15.6 Å². The van der Waals surface area contributed by atoms with Gasteiger partial charge in [0.2, 0.25) is 5.91 Å². The van der Waals surface area contributed by atoms with Crippen molar-refractivity contribution >= 4 is 17.6 Å². The van der Waals surface area contributed by atoms with Gasteiger partial charge in [0.1, 0.15) is 23.2 Å². The molecule has 0 saturated carbocycles. The summed E-state index contributed by atoms with van der Waals surface area (Å²) in [6.45, 7) is 1.32. The highest BCUT2D eigenvalue weighted by atomic mass is 16.3. The lowest BCUT2D eigenvalue weighted by Gasteiger charge is -2.10. The Kier molecular flexibility index (Phi) is 7.07. The van der Waals surface area contributed by atoms with E-state index in [0.717, 1.165) is 23.2 Å². The Hall–Kier alpha value is -3.91. The van der Waals surface area contributed by atoms with Crippen LogP contribution in [0.2, 0.25) is 0 Å². The third-order valence-electron chi connectivity index (χ3n) is 4.98. The second-order valence-corrected chi connectivity index (χ2v) is 7.78. The summed E-state index contributed by atoms with van der Waals surface area (Å²) in [6, 6.07) is 16.2. The van der Waals surface area contributed by atoms with Crippen LogP contribution in [0.4, 0.5) is 0 Å². The smallest absolute Gasteiger partial charge is 0.224 e. The molecule has 0 atom stereocenters. The Morgan fingerprint density at radius 1 is 0.938 bits per heavy atom. The molecule has 8 heteroatoms. The molecule has 7 N–H and O–H groups in total. The average Bonchev–Trinajstić information content (AvgIpc) is 3.17. The average molecular weight is 433 g/mol. The molecule has 0 bridgehead atoms. The van der Waals surface area contributed by atoms with Crippen LogP contribution in [0.15, 0.2) is 59.0 Å². The van der Waals surface area contributed by atoms with Crippen molar-refractivity contribution in [3.05, 3.63) is 71.3 Å². The molecule has 166 valence electrons. The lowest BCUT2D eigenvalue weighted by Crippen LogP contribution is -2.32. The fourth-order valence-electron chi connectivity index (χ4n) is 3.22. The number of nitrogens with two attached hydrogens (primary N) is 2. The van der Waals surface area contributed by atoms with Crippen molar-refractivity contribution in [2.45, 2.75) is 6.42 Å². The van der Waals surface area contributed by atoms with Gasteiger partial charge in [-0.25, -0.2) is 0 Å². The number of amides is 1. The lowest BCUT2D eigenvalue weighted by molar-refractivity contribution is -0.120. The zero-order chi connectivity index (χ0) is 23.3. The van der Waals surface area contributed by atoms with Crippen LogP contribution in [-0.4, -0.2) is 49.7 Å². The number of nitrogens with one attached hydrogen (secondary N) is 3. The van der Waals surface area contributed by atoms with Crippen molar-refractivity contribution in [1.82, 2.24) is 10.2 Å². The molecule has 0 aliphatic heterocycles. The summed E-state index contributed by atoms with van der Waals surface area (Å²) in [6.07, 6.45) is 0.173. The third kappa shape index (κ3) is 5.61. The number of benzene rings is 2. The summed E-state index contributed by atoms with van der Waals surface area (Å²) >= 11 is 0. The van der Waals surface area contributed by atoms with Crippen LogP contribution < -0.4 is 16.8 Å². The second-order valence-electron chi connectivity index (χ2n) is 7.78. The van der Waals surface area contributed by atoms with Gasteiger partial charge in [-0.05, 0) is 20.2 Å². The number of rotatable bonds is 9. The number of hydrogen-bond acceptors (Lipinski definition) is 5. The minimum absolute atomic E-state index is 0.00247. The molecule has 0 radical (unpaired) electrons. The number of hydrogen-bond donors (Lipinski definition) is 5. The van der Waals surface area contributed by atoms with Gasteiger partial charge >= 0.3 is 0 Å². The Labute approximate surface area is 187 Å². The molecule has 0 aliphatic carbocycles. The summed E-state index contributed by atoms with van der Waals surface area (Å²) in [5, 5.41) is 18.1. The second kappa shape index (κ2) is 9.93. The molecule has 3 aromatic rings. The normalized spacial score (nSPS) is 10.8. The maximum Gasteiger partial charge on any atom is 0.224 e. The molecule has 1 heterocycles. The first kappa shape index (κ1) is 22.8. The van der Waals surface area contributed by atoms with Crippen LogP contribution in [-0.2, 0) is 11.2 Å². The monoisotopic (exact) mass is 432 g/mol. The lowest BCUT2D eigenvalue weighted by atomic mass is 10.0. The van der Waals surface area contributed by atoms with Crippen molar-refractivity contribution in [2.75, 3.05) is 27.2 Å². The van der Waals surface area contributed by atoms with Gasteiger partial charge in [0.25, 0.3) is 0 Å². The van der Waals surface area contributed by atoms with E-state index in [0.29, 0.717) is 29.2 Å². The third-order valence-corrected chi connectivity index (χ3v) is 4.98. The molecule has 1 aromatic heterocycles. The standard InChI is InChI=1S/C24H28N6O2/c1-30(2)12-11-29-21(31)14-19-13-20(15-3-7-17(8-4-15)23(25)26)32-22(19)16-5-9-18(10-6-16)24(27)28/h3-10,13H,11-12,14H2,1-2H3,(H3,25,26)(H3,27,28)(H,29,31). The molecule has 0 unspecified atom stereocenters. The molecule has 32 heavy (non-hydrogen) atoms. The zero-order valence-corrected chi connectivity index (χ0v) is 18.2. The molecule has 3 rings (SSSR count). The van der Waals surface area contributed by atoms with Crippen LogP contribution >= 0.6 is 0 Å². The van der Waals surface area contributed by atoms with Gasteiger partial charge < -0.3 is 26.1 Å². The van der Waals surface area contributed by atoms with Crippen LogP contribution in [0.25, 0.3) is 22.6 Å². The minimum atomic E-state index is -0.0901. The number of furan rings is 1. The van der Waals surface area contributed by atoms with Gasteiger partial charge in [0.05, 0.1) is 6.42 Å². The highest BCUT2D eigenvalue weighted by Gasteiger charge is 2.17. The van der Waals surface area contributed by atoms with Crippen molar-refractivity contribution < 1.29 is 9.21 Å². The van der Waals surface area contributed by atoms with E-state index in [1.54, 1.807) is 24.3 Å². The summed E-state index contributed by atoms with van der Waals surface area (Å²) in [7, 11) is 3.91. The van der Waals surface area contributed by atoms with Crippen molar-refractivity contribution in [1.29, 1.82) is 10.8 Å². The molecule has 0 fully saturated rings. The van der Waals surface area contributed by atoms with Gasteiger partial charge in [-0.2, -0.15) is 0 Å². The molecule has 1 amide bonds. The Morgan fingerprint density at radius 3 is 1.97 bits per heavy atom. The van der Waals surface area contributed by atoms with E-state index in [9.17, 15) is 4.79 Å². The van der Waals surface area contributed by atoms with Crippen LogP contribution in [0, 0.1) is 10.8 Å². The number of nitrogen functional groups attached to an aromatic ring is 2. The SMILES string of the molecule is CN(C)CCNC(=O)Cc1cc(-c2ccc(C(=N)N)cc2)oc1-c1ccc(C(=N)N)cc1. The fourth-order valence-corrected chi connectivity index (χ4v) is 3.22. The van der Waals surface area contributed by atoms with Crippen molar-refractivity contribution in [3.8, 4) is 22.6 Å². The van der Waals surface area contributed by atoms with Gasteiger partial charge in [-0.15, -0.1) is 0 Å². The van der Waals surface area contributed by atoms with Crippen LogP contribution in [0.3, 0.4) is 0 Å². The number of nitrogens with zero attached hydrogens (tertiary/aromatic N) is 1. The van der Waals surface area contributed by atoms with Crippen molar-refractivity contribution in [2.24, 2.45) is 11.5 Å². The Bertz CT molecular complexity index is 1110. The Balaban J connectivity index is 1.92. The maximum absolute atomic E-state index is 12.5. The predicted molar refractivity (Wildman–Crippen MR) is 127 cm³/mol. The predicted octanol–water partition coefficient (Wildman–Crippen LogP) is 2.40. The first-order valence-corrected chi connectivity index (χ1v) is 10.2. The van der Waals surface area contributed by atoms with E-state index in [1.807, 2.05) is 49.3 Å². The molecule has 8 nitrogen and oxygen atoms in total. The first-order valence-electron chi connectivity index (χ1n) is 10.2. The first-order chi connectivity index (χ1) is 15.2. The molecule has 0 spiro atoms. The van der Waals surface area contributed by atoms with E-state index in [1.165, 1.54) is 0 Å². The number of carbonyl (C=O) groups excluding carboxylic acids is 1. The van der Waals surface area contributed by atoms with E-state index in [4.69, 9.17) is 26.7 Å². The maximum atomic E-state index is 12.5. The highest BCUT2D eigenvalue weighted by molar-refractivity contribution is 5.96. The molecule has 2 aromatic carbocycles. The van der Waals surface area contributed by atoms with E-state index < -0.39 is 0 Å². The van der Waals surface area contributed by atoms with Gasteiger partial charge in [0.15, 0.2) is 0 Å². The fraction of sp³-hybridized carbons (Fsp3) is 0.208. The van der Waals surface area contributed by atoms with Gasteiger partial charge in [-0.1, -0.05) is 48.5 Å². The van der Waals surface area contributed by atoms with Crippen LogP contribution in [0.5, 0.6) is 0 Å². The summed E-state index contributed by atoms with van der Waals surface area (Å²) in [5.74, 6) is 1.10. The van der Waals surface area contributed by atoms with Crippen LogP contribution in [0.1, 0.15) is 16.7 Å². The summed E-state index contributed by atoms with van der Waals surface area (Å²) in [5.41, 5.74) is 14.7. The van der Waals surface area contributed by atoms with E-state index >= 15 is 0 Å². The topological polar surface area (TPSA) is 145 Å². The Morgan fingerprint density at radius 2 is 1.47 bits per heavy atom. The molecule has 0 aliphatic rings. The molecular weight excluding hydrogens is 404 g/mol. The summed E-state index contributed by atoms with van der Waals surface area (Å²) < 4.78 is 6.17. The zero-order valence-electron chi connectivity index (χ0n) is 18.2. The quantitative estimate of drug-likeness (QED) is 0.260. The number of amidine groups is 2. The van der Waals surface area contributed by atoms with Gasteiger partial charge in [0, 0.05) is 40.9 Å².